The molecule has 178 valence electrons. The molecule has 1 fully saturated rings. The minimum Gasteiger partial charge on any atom is -0.474 e. The zero-order valence-electron chi connectivity index (χ0n) is 18.4. The van der Waals surface area contributed by atoms with Crippen molar-refractivity contribution in [3.8, 4) is 11.6 Å². The van der Waals surface area contributed by atoms with Gasteiger partial charge in [0.25, 0.3) is 5.91 Å². The third-order valence-corrected chi connectivity index (χ3v) is 5.58. The number of carbonyl (C=O) groups is 1. The lowest BCUT2D eigenvalue weighted by Gasteiger charge is -2.14. The van der Waals surface area contributed by atoms with Crippen LogP contribution in [0.4, 0.5) is 13.2 Å². The van der Waals surface area contributed by atoms with Crippen molar-refractivity contribution in [1.82, 2.24) is 20.1 Å². The second kappa shape index (κ2) is 9.66. The maximum Gasteiger partial charge on any atom is 0.416 e. The first kappa shape index (κ1) is 23.5. The quantitative estimate of drug-likeness (QED) is 0.581. The minimum atomic E-state index is -4.53. The van der Waals surface area contributed by atoms with E-state index in [0.717, 1.165) is 42.5 Å². The highest BCUT2D eigenvalue weighted by atomic mass is 19.4. The van der Waals surface area contributed by atoms with Gasteiger partial charge in [0, 0.05) is 30.6 Å². The van der Waals surface area contributed by atoms with Gasteiger partial charge in [-0.25, -0.2) is 9.67 Å². The number of rotatable bonds is 6. The number of pyridine rings is 1. The fourth-order valence-corrected chi connectivity index (χ4v) is 3.81. The third kappa shape index (κ3) is 5.44. The van der Waals surface area contributed by atoms with Crippen molar-refractivity contribution in [2.75, 3.05) is 0 Å². The average Bonchev–Trinajstić information content (AvgIpc) is 3.31. The Morgan fingerprint density at radius 2 is 1.94 bits per heavy atom. The Morgan fingerprint density at radius 3 is 2.62 bits per heavy atom. The van der Waals surface area contributed by atoms with Crippen molar-refractivity contribution in [3.63, 3.8) is 0 Å². The summed E-state index contributed by atoms with van der Waals surface area (Å²) in [6.07, 6.45) is 1.56. The molecule has 2 aromatic heterocycles. The van der Waals surface area contributed by atoms with E-state index in [1.807, 2.05) is 0 Å². The molecule has 1 N–H and O–H groups in total. The van der Waals surface area contributed by atoms with Gasteiger partial charge in [-0.1, -0.05) is 12.1 Å². The molecule has 0 aliphatic heterocycles. The van der Waals surface area contributed by atoms with Crippen molar-refractivity contribution in [3.05, 3.63) is 81.4 Å². The molecule has 0 spiro atoms. The van der Waals surface area contributed by atoms with Crippen molar-refractivity contribution >= 4 is 5.91 Å². The van der Waals surface area contributed by atoms with Crippen LogP contribution in [0.1, 0.15) is 53.0 Å². The summed E-state index contributed by atoms with van der Waals surface area (Å²) in [4.78, 5) is 29.3. The van der Waals surface area contributed by atoms with E-state index in [1.165, 1.54) is 25.1 Å². The summed E-state index contributed by atoms with van der Waals surface area (Å²) in [5, 5.41) is 6.64. The summed E-state index contributed by atoms with van der Waals surface area (Å²) in [7, 11) is 0. The Balaban J connectivity index is 1.48. The highest BCUT2D eigenvalue weighted by Crippen LogP contribution is 2.30. The predicted octanol–water partition coefficient (Wildman–Crippen LogP) is 4.21. The number of hydrogen-bond donors (Lipinski definition) is 1. The van der Waals surface area contributed by atoms with E-state index < -0.39 is 28.8 Å². The number of benzene rings is 1. The number of aromatic nitrogens is 3. The Labute approximate surface area is 193 Å². The molecule has 3 aromatic rings. The molecule has 10 heteroatoms. The van der Waals surface area contributed by atoms with Crippen LogP contribution in [-0.4, -0.2) is 26.8 Å². The van der Waals surface area contributed by atoms with Crippen LogP contribution in [0.2, 0.25) is 0 Å². The first-order valence-corrected chi connectivity index (χ1v) is 10.9. The summed E-state index contributed by atoms with van der Waals surface area (Å²) >= 11 is 0. The van der Waals surface area contributed by atoms with Crippen LogP contribution in [0.25, 0.3) is 5.69 Å². The smallest absolute Gasteiger partial charge is 0.416 e. The highest BCUT2D eigenvalue weighted by Gasteiger charge is 2.30. The van der Waals surface area contributed by atoms with Crippen LogP contribution < -0.4 is 15.5 Å². The minimum absolute atomic E-state index is 0.0865. The average molecular weight is 472 g/mol. The van der Waals surface area contributed by atoms with Gasteiger partial charge < -0.3 is 10.1 Å². The van der Waals surface area contributed by atoms with Crippen LogP contribution >= 0.6 is 0 Å². The van der Waals surface area contributed by atoms with E-state index in [-0.39, 0.29) is 18.3 Å². The van der Waals surface area contributed by atoms with Crippen molar-refractivity contribution in [2.45, 2.75) is 51.4 Å². The Kier molecular flexibility index (Phi) is 6.67. The zero-order chi connectivity index (χ0) is 24.3. The number of ether oxygens (including phenoxy) is 1. The van der Waals surface area contributed by atoms with Gasteiger partial charge in [-0.05, 0) is 56.4 Å². The molecule has 0 atom stereocenters. The molecule has 0 radical (unpaired) electrons. The molecule has 1 aliphatic rings. The van der Waals surface area contributed by atoms with E-state index in [2.05, 4.69) is 15.4 Å². The van der Waals surface area contributed by atoms with E-state index in [4.69, 9.17) is 4.74 Å². The summed E-state index contributed by atoms with van der Waals surface area (Å²) in [6, 6.07) is 9.16. The molecule has 34 heavy (non-hydrogen) atoms. The molecule has 4 rings (SSSR count). The lowest BCUT2D eigenvalue weighted by molar-refractivity contribution is -0.137. The van der Waals surface area contributed by atoms with Gasteiger partial charge in [-0.3, -0.25) is 9.59 Å². The van der Waals surface area contributed by atoms with Crippen LogP contribution in [0.15, 0.2) is 53.5 Å². The number of amides is 1. The van der Waals surface area contributed by atoms with E-state index in [1.54, 1.807) is 18.3 Å². The summed E-state index contributed by atoms with van der Waals surface area (Å²) in [6.45, 7) is 1.62. The first-order chi connectivity index (χ1) is 16.2. The summed E-state index contributed by atoms with van der Waals surface area (Å²) < 4.78 is 46.2. The van der Waals surface area contributed by atoms with Gasteiger partial charge in [-0.2, -0.15) is 18.3 Å². The maximum atomic E-state index is 13.1. The molecular weight excluding hydrogens is 449 g/mol. The maximum absolute atomic E-state index is 13.1. The first-order valence-electron chi connectivity index (χ1n) is 10.9. The van der Waals surface area contributed by atoms with Crippen LogP contribution in [0.5, 0.6) is 5.88 Å². The second-order valence-electron chi connectivity index (χ2n) is 8.17. The van der Waals surface area contributed by atoms with E-state index >= 15 is 0 Å². The van der Waals surface area contributed by atoms with Crippen LogP contribution in [0, 0.1) is 6.92 Å². The standard InChI is InChI=1S/C24H23F3N4O3/c1-15-11-20(32)22(30-31(15)18-6-4-5-17(12-18)24(25,26)27)23(33)29-14-16-9-10-21(28-13-16)34-19-7-2-3-8-19/h4-6,9-13,19H,2-3,7-8,14H2,1H3,(H,29,33). The number of halogens is 3. The Bertz CT molecular complexity index is 1230. The number of hydrogen-bond acceptors (Lipinski definition) is 5. The molecule has 0 saturated heterocycles. The predicted molar refractivity (Wildman–Crippen MR) is 118 cm³/mol. The Hall–Kier alpha value is -3.69. The van der Waals surface area contributed by atoms with Gasteiger partial charge in [0.2, 0.25) is 11.3 Å². The molecule has 0 bridgehead atoms. The van der Waals surface area contributed by atoms with Gasteiger partial charge in [0.15, 0.2) is 5.69 Å². The van der Waals surface area contributed by atoms with Crippen LogP contribution in [0.3, 0.4) is 0 Å². The van der Waals surface area contributed by atoms with Crippen molar-refractivity contribution in [2.24, 2.45) is 0 Å². The molecule has 1 aliphatic carbocycles. The van der Waals surface area contributed by atoms with Gasteiger partial charge in [0.1, 0.15) is 6.10 Å². The summed E-state index contributed by atoms with van der Waals surface area (Å²) in [5.41, 5.74) is -0.832. The number of alkyl halides is 3. The number of nitrogens with zero attached hydrogens (tertiary/aromatic N) is 3. The fraction of sp³-hybridized carbons (Fsp3) is 0.333. The molecule has 1 aromatic carbocycles. The second-order valence-corrected chi connectivity index (χ2v) is 8.17. The lowest BCUT2D eigenvalue weighted by Crippen LogP contribution is -2.31. The number of aryl methyl sites for hydroxylation is 1. The molecule has 0 unspecified atom stereocenters. The topological polar surface area (TPSA) is 86.1 Å². The summed E-state index contributed by atoms with van der Waals surface area (Å²) in [5.74, 6) is -0.219. The largest absolute Gasteiger partial charge is 0.474 e. The SMILES string of the molecule is Cc1cc(=O)c(C(=O)NCc2ccc(OC3CCCC3)nc2)nn1-c1cccc(C(F)(F)F)c1. The van der Waals surface area contributed by atoms with Crippen LogP contribution in [-0.2, 0) is 12.7 Å². The monoisotopic (exact) mass is 472 g/mol. The molecule has 7 nitrogen and oxygen atoms in total. The Morgan fingerprint density at radius 1 is 1.18 bits per heavy atom. The molecule has 1 amide bonds. The van der Waals surface area contributed by atoms with Crippen molar-refractivity contribution < 1.29 is 22.7 Å². The molecule has 1 saturated carbocycles. The van der Waals surface area contributed by atoms with E-state index in [0.29, 0.717) is 17.1 Å². The number of carbonyl (C=O) groups excluding carboxylic acids is 1. The van der Waals surface area contributed by atoms with Gasteiger partial charge in [0.05, 0.1) is 11.3 Å². The zero-order valence-corrected chi connectivity index (χ0v) is 18.4. The third-order valence-electron chi connectivity index (χ3n) is 5.58. The highest BCUT2D eigenvalue weighted by molar-refractivity contribution is 5.92. The normalized spacial score (nSPS) is 14.2. The fourth-order valence-electron chi connectivity index (χ4n) is 3.81. The number of nitrogens with one attached hydrogen (secondary N) is 1. The molecular formula is C24H23F3N4O3. The van der Waals surface area contributed by atoms with Crippen molar-refractivity contribution in [1.29, 1.82) is 0 Å². The van der Waals surface area contributed by atoms with Gasteiger partial charge >= 0.3 is 6.18 Å². The van der Waals surface area contributed by atoms with Gasteiger partial charge in [-0.15, -0.1) is 0 Å². The lowest BCUT2D eigenvalue weighted by atomic mass is 10.2. The van der Waals surface area contributed by atoms with E-state index in [9.17, 15) is 22.8 Å². The molecule has 2 heterocycles.